The summed E-state index contributed by atoms with van der Waals surface area (Å²) in [6, 6.07) is 3.29. The molecule has 2 aliphatic carbocycles. The number of methoxy groups -OCH3 is 1. The highest BCUT2D eigenvalue weighted by Crippen LogP contribution is 2.46. The molecule has 5 atom stereocenters. The van der Waals surface area contributed by atoms with E-state index in [0.29, 0.717) is 67.9 Å². The fourth-order valence-electron chi connectivity index (χ4n) is 8.84. The van der Waals surface area contributed by atoms with Crippen LogP contribution in [0.5, 0.6) is 11.5 Å². The quantitative estimate of drug-likeness (QED) is 0.225. The monoisotopic (exact) mass is 875 g/mol. The Kier molecular flexibility index (Phi) is 12.3. The first-order valence-corrected chi connectivity index (χ1v) is 24.2. The van der Waals surface area contributed by atoms with Crippen molar-refractivity contribution in [2.45, 2.75) is 133 Å². The normalized spacial score (nSPS) is 26.2. The molecule has 3 N–H and O–H groups in total. The highest BCUT2D eigenvalue weighted by Gasteiger charge is 2.62. The molecular weight excluding hydrogens is 819 g/mol. The largest absolute Gasteiger partial charge is 0.496 e. The maximum absolute atomic E-state index is 14.9. The SMILES string of the molecule is COc1ccc2c(OC3CC4C(=O)NC5(C(=O)NS(=O)(=O)C6CC6)CC5C=CCCCCCC(NC(=O)N5CCCCC5)C(=O)N4C3)cc(-c3nc(C(C)C)cs3)nc2c1C. The predicted molar refractivity (Wildman–Crippen MR) is 232 cm³/mol. The van der Waals surface area contributed by atoms with Crippen molar-refractivity contribution in [2.24, 2.45) is 5.92 Å². The van der Waals surface area contributed by atoms with Crippen LogP contribution in [-0.2, 0) is 24.4 Å². The van der Waals surface area contributed by atoms with Crippen molar-refractivity contribution in [1.82, 2.24) is 35.1 Å². The lowest BCUT2D eigenvalue weighted by atomic mass is 10.0. The second-order valence-corrected chi connectivity index (χ2v) is 20.4. The number of carbonyl (C=O) groups is 4. The van der Waals surface area contributed by atoms with Crippen molar-refractivity contribution in [3.05, 3.63) is 47.0 Å². The van der Waals surface area contributed by atoms with Gasteiger partial charge in [0.2, 0.25) is 21.8 Å². The number of carbonyl (C=O) groups excluding carboxylic acids is 4. The molecule has 5 amide bonds. The third-order valence-corrected chi connectivity index (χ3v) is 15.5. The third-order valence-electron chi connectivity index (χ3n) is 12.8. The number of rotatable bonds is 9. The smallest absolute Gasteiger partial charge is 0.318 e. The van der Waals surface area contributed by atoms with Crippen molar-refractivity contribution in [1.29, 1.82) is 0 Å². The molecule has 4 fully saturated rings. The van der Waals surface area contributed by atoms with Gasteiger partial charge in [0.1, 0.15) is 45.9 Å². The number of urea groups is 1. The molecule has 2 saturated heterocycles. The van der Waals surface area contributed by atoms with Gasteiger partial charge in [0.25, 0.3) is 5.91 Å². The number of ether oxygens (including phenoxy) is 2. The average molecular weight is 876 g/mol. The van der Waals surface area contributed by atoms with Gasteiger partial charge in [-0.25, -0.2) is 23.2 Å². The van der Waals surface area contributed by atoms with Crippen LogP contribution in [0, 0.1) is 12.8 Å². The molecule has 328 valence electrons. The van der Waals surface area contributed by atoms with Gasteiger partial charge in [0, 0.05) is 47.8 Å². The minimum Gasteiger partial charge on any atom is -0.496 e. The Bertz CT molecular complexity index is 2320. The molecule has 2 aromatic heterocycles. The van der Waals surface area contributed by atoms with E-state index in [1.165, 1.54) is 16.2 Å². The standard InChI is InChI=1S/C44H57N7O8S2/c1-26(2)34-25-60-40(46-34)33-22-37(31-17-18-36(58-4)27(3)38(31)45-33)59-29-21-35-39(52)48-44(42(54)49-61(56,57)30-15-16-30)23-28(44)13-9-6-5-7-10-14-32(41(53)51(35)24-29)47-43(55)50-19-11-8-12-20-50/h9,13,17-18,22,25-26,28-30,32,35H,5-8,10-12,14-16,19-21,23-24H2,1-4H3,(H,47,55)(H,48,52)(H,49,54). The summed E-state index contributed by atoms with van der Waals surface area (Å²) in [4.78, 5) is 70.2. The zero-order valence-electron chi connectivity index (χ0n) is 35.4. The van der Waals surface area contributed by atoms with Gasteiger partial charge in [-0.1, -0.05) is 38.8 Å². The Morgan fingerprint density at radius 2 is 1.79 bits per heavy atom. The minimum atomic E-state index is -3.90. The number of fused-ring (bicyclic) bond motifs is 3. The zero-order chi connectivity index (χ0) is 43.1. The molecule has 0 bridgehead atoms. The molecule has 0 radical (unpaired) electrons. The summed E-state index contributed by atoms with van der Waals surface area (Å²) in [7, 11) is -2.30. The second kappa shape index (κ2) is 17.5. The van der Waals surface area contributed by atoms with Gasteiger partial charge in [0.05, 0.1) is 30.1 Å². The van der Waals surface area contributed by atoms with Crippen molar-refractivity contribution < 1.29 is 37.1 Å². The van der Waals surface area contributed by atoms with E-state index in [9.17, 15) is 27.6 Å². The first-order chi connectivity index (χ1) is 29.3. The average Bonchev–Trinajstić information content (AvgIpc) is 4.12. The van der Waals surface area contributed by atoms with Gasteiger partial charge in [-0.3, -0.25) is 19.1 Å². The summed E-state index contributed by atoms with van der Waals surface area (Å²) >= 11 is 1.49. The van der Waals surface area contributed by atoms with Crippen LogP contribution in [0.25, 0.3) is 21.6 Å². The Morgan fingerprint density at radius 1 is 1.02 bits per heavy atom. The number of nitrogens with one attached hydrogen (secondary N) is 3. The Hall–Kier alpha value is -4.77. The molecule has 15 nitrogen and oxygen atoms in total. The molecule has 1 aromatic carbocycles. The number of hydrogen-bond acceptors (Lipinski definition) is 11. The highest BCUT2D eigenvalue weighted by atomic mass is 32.2. The topological polar surface area (TPSA) is 189 Å². The number of piperidine rings is 1. The first-order valence-electron chi connectivity index (χ1n) is 21.8. The molecular formula is C44H57N7O8S2. The van der Waals surface area contributed by atoms with Crippen molar-refractivity contribution in [2.75, 3.05) is 26.7 Å². The van der Waals surface area contributed by atoms with E-state index in [4.69, 9.17) is 19.4 Å². The third kappa shape index (κ3) is 9.09. The lowest BCUT2D eigenvalue weighted by molar-refractivity contribution is -0.141. The molecule has 5 aliphatic rings. The van der Waals surface area contributed by atoms with Crippen LogP contribution < -0.4 is 24.8 Å². The number of thiazole rings is 1. The lowest BCUT2D eigenvalue weighted by Gasteiger charge is -2.32. The summed E-state index contributed by atoms with van der Waals surface area (Å²) in [6.45, 7) is 7.34. The molecule has 61 heavy (non-hydrogen) atoms. The lowest BCUT2D eigenvalue weighted by Crippen LogP contribution is -2.59. The molecule has 0 spiro atoms. The number of sulfonamides is 1. The Morgan fingerprint density at radius 3 is 2.51 bits per heavy atom. The maximum atomic E-state index is 14.9. The van der Waals surface area contributed by atoms with E-state index < -0.39 is 62.6 Å². The fourth-order valence-corrected chi connectivity index (χ4v) is 11.1. The number of nitrogens with zero attached hydrogens (tertiary/aromatic N) is 4. The molecule has 3 aromatic rings. The molecule has 5 heterocycles. The van der Waals surface area contributed by atoms with Crippen molar-refractivity contribution >= 4 is 56.0 Å². The minimum absolute atomic E-state index is 0.0224. The van der Waals surface area contributed by atoms with Crippen LogP contribution in [0.1, 0.15) is 108 Å². The van der Waals surface area contributed by atoms with Crippen molar-refractivity contribution in [3.63, 3.8) is 0 Å². The van der Waals surface area contributed by atoms with Gasteiger partial charge in [-0.05, 0) is 82.8 Å². The Balaban J connectivity index is 1.14. The number of aromatic nitrogens is 2. The van der Waals surface area contributed by atoms with Gasteiger partial charge < -0.3 is 29.9 Å². The number of amides is 5. The van der Waals surface area contributed by atoms with E-state index in [2.05, 4.69) is 29.2 Å². The number of aryl methyl sites for hydroxylation is 1. The van der Waals surface area contributed by atoms with Gasteiger partial charge in [-0.2, -0.15) is 0 Å². The number of pyridine rings is 1. The van der Waals surface area contributed by atoms with Crippen LogP contribution >= 0.6 is 11.3 Å². The van der Waals surface area contributed by atoms with Crippen LogP contribution in [0.2, 0.25) is 0 Å². The number of allylic oxidation sites excluding steroid dienone is 1. The van der Waals surface area contributed by atoms with Gasteiger partial charge in [0.15, 0.2) is 0 Å². The summed E-state index contributed by atoms with van der Waals surface area (Å²) in [5.41, 5.74) is 1.54. The van der Waals surface area contributed by atoms with Crippen LogP contribution in [0.3, 0.4) is 0 Å². The van der Waals surface area contributed by atoms with Crippen LogP contribution in [0.15, 0.2) is 35.7 Å². The summed E-state index contributed by atoms with van der Waals surface area (Å²) in [5, 5.41) is 8.82. The van der Waals surface area contributed by atoms with Crippen LogP contribution in [-0.4, -0.2) is 108 Å². The van der Waals surface area contributed by atoms with E-state index in [1.54, 1.807) is 12.0 Å². The molecule has 2 saturated carbocycles. The van der Waals surface area contributed by atoms with E-state index in [0.717, 1.165) is 53.8 Å². The fraction of sp³-hybridized carbons (Fsp3) is 0.591. The van der Waals surface area contributed by atoms with E-state index >= 15 is 0 Å². The highest BCUT2D eigenvalue weighted by molar-refractivity contribution is 7.91. The van der Waals surface area contributed by atoms with E-state index in [1.807, 2.05) is 42.7 Å². The number of benzene rings is 1. The van der Waals surface area contributed by atoms with Gasteiger partial charge >= 0.3 is 6.03 Å². The molecule has 17 heteroatoms. The van der Waals surface area contributed by atoms with Gasteiger partial charge in [-0.15, -0.1) is 11.3 Å². The number of hydrogen-bond donors (Lipinski definition) is 3. The molecule has 8 rings (SSSR count). The summed E-state index contributed by atoms with van der Waals surface area (Å²) < 4.78 is 40.7. The summed E-state index contributed by atoms with van der Waals surface area (Å²) in [5.74, 6) is -0.810. The second-order valence-electron chi connectivity index (χ2n) is 17.6. The molecule has 5 unspecified atom stereocenters. The van der Waals surface area contributed by atoms with E-state index in [-0.39, 0.29) is 31.3 Å². The first kappa shape index (κ1) is 42.9. The molecule has 3 aliphatic heterocycles. The van der Waals surface area contributed by atoms with Crippen molar-refractivity contribution in [3.8, 4) is 22.2 Å². The zero-order valence-corrected chi connectivity index (χ0v) is 37.0. The number of likely N-dealkylation sites (tertiary alicyclic amines) is 1. The summed E-state index contributed by atoms with van der Waals surface area (Å²) in [6.07, 6.45) is 10.7. The maximum Gasteiger partial charge on any atom is 0.318 e. The Labute approximate surface area is 361 Å². The van der Waals surface area contributed by atoms with Crippen LogP contribution in [0.4, 0.5) is 4.79 Å². The predicted octanol–water partition coefficient (Wildman–Crippen LogP) is 5.71.